The van der Waals surface area contributed by atoms with E-state index in [-0.39, 0.29) is 12.4 Å². The van der Waals surface area contributed by atoms with Gasteiger partial charge in [0, 0.05) is 36.5 Å². The molecule has 1 aromatic heterocycles. The van der Waals surface area contributed by atoms with Crippen molar-refractivity contribution >= 4 is 34.6 Å². The number of nitrogens with zero attached hydrogens (tertiary/aromatic N) is 2. The standard InChI is InChI=1S/C21H28N4O.CH2O2/c1-5-6-7-11-24-21(26)19-12-17(18(13-22)15(3)23-4)16-10-8-9-14(2)20(16)25-19;2-1-3/h8-10,12-13H,5-7,11,22H2,1-4H3,(H,24,26);1H,(H,2,3)/b18-13+,23-15?;. The molecule has 2 rings (SSSR count). The first kappa shape index (κ1) is 23.8. The van der Waals surface area contributed by atoms with Gasteiger partial charge >= 0.3 is 0 Å². The molecular formula is C22H30N4O3. The Balaban J connectivity index is 0.00000132. The second kappa shape index (κ2) is 12.3. The van der Waals surface area contributed by atoms with E-state index in [0.29, 0.717) is 12.2 Å². The number of aromatic nitrogens is 1. The maximum atomic E-state index is 12.6. The quantitative estimate of drug-likeness (QED) is 0.374. The molecule has 0 saturated heterocycles. The minimum absolute atomic E-state index is 0.157. The number of hydrogen-bond acceptors (Lipinski definition) is 5. The number of para-hydroxylation sites is 1. The van der Waals surface area contributed by atoms with E-state index in [2.05, 4.69) is 22.2 Å². The SMILES string of the molecule is CCCCCNC(=O)c1cc(/C(=C/N)C(C)=NC)c2cccc(C)c2n1.O=CO. The molecule has 4 N–H and O–H groups in total. The third-order valence-electron chi connectivity index (χ3n) is 4.52. The van der Waals surface area contributed by atoms with E-state index >= 15 is 0 Å². The van der Waals surface area contributed by atoms with Crippen LogP contribution in [-0.2, 0) is 4.79 Å². The molecule has 156 valence electrons. The van der Waals surface area contributed by atoms with E-state index < -0.39 is 0 Å². The van der Waals surface area contributed by atoms with E-state index in [1.807, 2.05) is 38.1 Å². The molecular weight excluding hydrogens is 368 g/mol. The smallest absolute Gasteiger partial charge is 0.290 e. The molecule has 0 fully saturated rings. The number of benzene rings is 1. The first-order chi connectivity index (χ1) is 13.9. The number of unbranched alkanes of at least 4 members (excludes halogenated alkanes) is 2. The molecule has 0 aliphatic heterocycles. The monoisotopic (exact) mass is 398 g/mol. The topological polar surface area (TPSA) is 118 Å². The molecule has 7 heteroatoms. The molecule has 0 aliphatic rings. The molecule has 0 aliphatic carbocycles. The van der Waals surface area contributed by atoms with Gasteiger partial charge in [-0.15, -0.1) is 0 Å². The Morgan fingerprint density at radius 1 is 1.34 bits per heavy atom. The van der Waals surface area contributed by atoms with Crippen molar-refractivity contribution in [2.24, 2.45) is 10.7 Å². The van der Waals surface area contributed by atoms with Crippen LogP contribution < -0.4 is 11.1 Å². The van der Waals surface area contributed by atoms with Crippen molar-refractivity contribution in [1.82, 2.24) is 10.3 Å². The molecule has 0 saturated carbocycles. The van der Waals surface area contributed by atoms with Gasteiger partial charge < -0.3 is 16.2 Å². The first-order valence-electron chi connectivity index (χ1n) is 9.57. The van der Waals surface area contributed by atoms with Gasteiger partial charge in [-0.3, -0.25) is 14.6 Å². The van der Waals surface area contributed by atoms with Crippen LogP contribution in [0.2, 0.25) is 0 Å². The average Bonchev–Trinajstić information content (AvgIpc) is 2.72. The first-order valence-corrected chi connectivity index (χ1v) is 9.57. The van der Waals surface area contributed by atoms with E-state index in [1.54, 1.807) is 13.2 Å². The number of carboxylic acid groups (broad SMARTS) is 1. The number of nitrogens with two attached hydrogens (primary N) is 1. The maximum absolute atomic E-state index is 12.6. The largest absolute Gasteiger partial charge is 0.483 e. The third-order valence-corrected chi connectivity index (χ3v) is 4.52. The number of nitrogens with one attached hydrogen (secondary N) is 1. The normalized spacial score (nSPS) is 11.6. The zero-order chi connectivity index (χ0) is 21.8. The molecule has 29 heavy (non-hydrogen) atoms. The molecule has 0 unspecified atom stereocenters. The fraction of sp³-hybridized carbons (Fsp3) is 0.364. The third kappa shape index (κ3) is 6.41. The molecule has 1 aromatic carbocycles. The predicted octanol–water partition coefficient (Wildman–Crippen LogP) is 3.55. The van der Waals surface area contributed by atoms with E-state index in [1.165, 1.54) is 0 Å². The second-order valence-electron chi connectivity index (χ2n) is 6.48. The van der Waals surface area contributed by atoms with Crippen LogP contribution in [-0.4, -0.2) is 41.8 Å². The minimum atomic E-state index is -0.250. The van der Waals surface area contributed by atoms with Crippen molar-refractivity contribution < 1.29 is 14.7 Å². The number of amides is 1. The number of aryl methyl sites for hydroxylation is 1. The van der Waals surface area contributed by atoms with Gasteiger partial charge in [0.15, 0.2) is 0 Å². The van der Waals surface area contributed by atoms with Crippen molar-refractivity contribution in [1.29, 1.82) is 0 Å². The summed E-state index contributed by atoms with van der Waals surface area (Å²) in [7, 11) is 1.73. The summed E-state index contributed by atoms with van der Waals surface area (Å²) in [6, 6.07) is 7.79. The highest BCUT2D eigenvalue weighted by atomic mass is 16.3. The number of fused-ring (bicyclic) bond motifs is 1. The van der Waals surface area contributed by atoms with Crippen LogP contribution in [0.1, 0.15) is 54.7 Å². The Bertz CT molecular complexity index is 904. The van der Waals surface area contributed by atoms with Crippen molar-refractivity contribution in [2.45, 2.75) is 40.0 Å². The Labute approximate surface area is 171 Å². The Morgan fingerprint density at radius 2 is 2.03 bits per heavy atom. The number of aliphatic imine (C=N–C) groups is 1. The Kier molecular flexibility index (Phi) is 10.1. The molecule has 0 atom stereocenters. The number of carbonyl (C=O) groups is 2. The summed E-state index contributed by atoms with van der Waals surface area (Å²) in [5.41, 5.74) is 10.6. The molecule has 2 aromatic rings. The van der Waals surface area contributed by atoms with Crippen LogP contribution in [0.4, 0.5) is 0 Å². The van der Waals surface area contributed by atoms with Crippen LogP contribution in [0.5, 0.6) is 0 Å². The highest BCUT2D eigenvalue weighted by Gasteiger charge is 2.16. The molecule has 1 heterocycles. The zero-order valence-corrected chi connectivity index (χ0v) is 17.5. The fourth-order valence-electron chi connectivity index (χ4n) is 2.92. The van der Waals surface area contributed by atoms with Crippen molar-refractivity contribution in [3.8, 4) is 0 Å². The van der Waals surface area contributed by atoms with E-state index in [9.17, 15) is 4.79 Å². The second-order valence-corrected chi connectivity index (χ2v) is 6.48. The molecule has 7 nitrogen and oxygen atoms in total. The van der Waals surface area contributed by atoms with Crippen LogP contribution >= 0.6 is 0 Å². The number of carbonyl (C=O) groups excluding carboxylic acids is 1. The van der Waals surface area contributed by atoms with E-state index in [0.717, 1.165) is 52.6 Å². The van der Waals surface area contributed by atoms with Crippen LogP contribution in [0.3, 0.4) is 0 Å². The van der Waals surface area contributed by atoms with Crippen LogP contribution in [0.15, 0.2) is 35.5 Å². The molecule has 1 amide bonds. The van der Waals surface area contributed by atoms with Gasteiger partial charge in [0.1, 0.15) is 5.69 Å². The highest BCUT2D eigenvalue weighted by molar-refractivity contribution is 6.25. The Hall–Kier alpha value is -3.22. The summed E-state index contributed by atoms with van der Waals surface area (Å²) < 4.78 is 0. The lowest BCUT2D eigenvalue weighted by Crippen LogP contribution is -2.25. The summed E-state index contributed by atoms with van der Waals surface area (Å²) in [4.78, 5) is 29.8. The molecule has 0 bridgehead atoms. The summed E-state index contributed by atoms with van der Waals surface area (Å²) >= 11 is 0. The fourth-order valence-corrected chi connectivity index (χ4v) is 2.92. The number of rotatable bonds is 7. The number of allylic oxidation sites excluding steroid dienone is 1. The van der Waals surface area contributed by atoms with Gasteiger partial charge in [0.05, 0.1) is 5.52 Å². The summed E-state index contributed by atoms with van der Waals surface area (Å²) in [6.45, 7) is 6.45. The van der Waals surface area contributed by atoms with Gasteiger partial charge in [-0.25, -0.2) is 4.98 Å². The highest BCUT2D eigenvalue weighted by Crippen LogP contribution is 2.27. The summed E-state index contributed by atoms with van der Waals surface area (Å²) in [5.74, 6) is -0.157. The Morgan fingerprint density at radius 3 is 2.62 bits per heavy atom. The molecule has 0 spiro atoms. The lowest BCUT2D eigenvalue weighted by Gasteiger charge is -2.14. The zero-order valence-electron chi connectivity index (χ0n) is 17.5. The van der Waals surface area contributed by atoms with Gasteiger partial charge in [-0.1, -0.05) is 38.0 Å². The van der Waals surface area contributed by atoms with E-state index in [4.69, 9.17) is 15.6 Å². The van der Waals surface area contributed by atoms with Crippen LogP contribution in [0.25, 0.3) is 16.5 Å². The maximum Gasteiger partial charge on any atom is 0.290 e. The lowest BCUT2D eigenvalue weighted by atomic mass is 9.96. The number of pyridine rings is 1. The minimum Gasteiger partial charge on any atom is -0.483 e. The van der Waals surface area contributed by atoms with Gasteiger partial charge in [0.25, 0.3) is 12.4 Å². The van der Waals surface area contributed by atoms with Crippen molar-refractivity contribution in [3.05, 3.63) is 47.3 Å². The van der Waals surface area contributed by atoms with Crippen molar-refractivity contribution in [2.75, 3.05) is 13.6 Å². The van der Waals surface area contributed by atoms with Gasteiger partial charge in [-0.2, -0.15) is 0 Å². The lowest BCUT2D eigenvalue weighted by molar-refractivity contribution is -0.122. The molecule has 0 radical (unpaired) electrons. The summed E-state index contributed by atoms with van der Waals surface area (Å²) in [5, 5.41) is 10.8. The van der Waals surface area contributed by atoms with Gasteiger partial charge in [0.2, 0.25) is 0 Å². The van der Waals surface area contributed by atoms with Crippen molar-refractivity contribution in [3.63, 3.8) is 0 Å². The average molecular weight is 399 g/mol. The van der Waals surface area contributed by atoms with Crippen LogP contribution in [0, 0.1) is 6.92 Å². The number of hydrogen-bond donors (Lipinski definition) is 3. The summed E-state index contributed by atoms with van der Waals surface area (Å²) in [6.07, 6.45) is 4.73. The van der Waals surface area contributed by atoms with Gasteiger partial charge in [-0.05, 0) is 37.5 Å². The predicted molar refractivity (Wildman–Crippen MR) is 118 cm³/mol.